The quantitative estimate of drug-likeness (QED) is 0.891. The standard InChI is InChI=1S/C20H19N3O3/c24-13-6-8-23(9-7-13)11-12-4-5-16-15(10-12)19-18-14(20(25)22-21-19)2-1-3-17(18)26-16/h1-5,10,13,16,24H,6-9,11H2. The summed E-state index contributed by atoms with van der Waals surface area (Å²) < 4.78 is 6.09. The molecule has 4 aliphatic rings. The van der Waals surface area contributed by atoms with Crippen LogP contribution < -0.4 is 4.74 Å². The van der Waals surface area contributed by atoms with Crippen LogP contribution in [-0.2, 0) is 0 Å². The van der Waals surface area contributed by atoms with E-state index in [4.69, 9.17) is 4.74 Å². The molecular weight excluding hydrogens is 330 g/mol. The number of hydrogen-bond donors (Lipinski definition) is 1. The maximum absolute atomic E-state index is 12.0. The van der Waals surface area contributed by atoms with Crippen LogP contribution in [0.4, 0.5) is 0 Å². The molecule has 132 valence electrons. The summed E-state index contributed by atoms with van der Waals surface area (Å²) in [7, 11) is 0. The lowest BCUT2D eigenvalue weighted by Crippen LogP contribution is -2.37. The Kier molecular flexibility index (Phi) is 3.62. The molecule has 1 amide bonds. The summed E-state index contributed by atoms with van der Waals surface area (Å²) in [5.74, 6) is 0.362. The number of aliphatic hydroxyl groups is 1. The summed E-state index contributed by atoms with van der Waals surface area (Å²) in [4.78, 5) is 14.4. The molecule has 1 aromatic rings. The van der Waals surface area contributed by atoms with Crippen molar-refractivity contribution >= 4 is 11.6 Å². The highest BCUT2D eigenvalue weighted by atomic mass is 16.5. The smallest absolute Gasteiger partial charge is 0.296 e. The number of azo groups is 1. The van der Waals surface area contributed by atoms with E-state index in [0.717, 1.165) is 49.3 Å². The Hall–Kier alpha value is -2.57. The summed E-state index contributed by atoms with van der Waals surface area (Å²) in [6.07, 6.45) is 7.52. The van der Waals surface area contributed by atoms with E-state index in [2.05, 4.69) is 27.3 Å². The zero-order valence-electron chi connectivity index (χ0n) is 14.3. The van der Waals surface area contributed by atoms with Crippen molar-refractivity contribution in [3.05, 3.63) is 58.7 Å². The molecule has 6 nitrogen and oxygen atoms in total. The van der Waals surface area contributed by atoms with Gasteiger partial charge in [-0.15, -0.1) is 10.2 Å². The van der Waals surface area contributed by atoms with Crippen molar-refractivity contribution < 1.29 is 14.6 Å². The van der Waals surface area contributed by atoms with E-state index in [0.29, 0.717) is 11.3 Å². The fourth-order valence-electron chi connectivity index (χ4n) is 3.97. The number of fused-ring (bicyclic) bond motifs is 1. The van der Waals surface area contributed by atoms with Gasteiger partial charge in [0.05, 0.1) is 17.2 Å². The number of carbonyl (C=O) groups is 1. The third-order valence-electron chi connectivity index (χ3n) is 5.36. The van der Waals surface area contributed by atoms with E-state index in [-0.39, 0.29) is 18.1 Å². The third-order valence-corrected chi connectivity index (χ3v) is 5.36. The number of nitrogens with zero attached hydrogens (tertiary/aromatic N) is 3. The maximum Gasteiger partial charge on any atom is 0.296 e. The largest absolute Gasteiger partial charge is 0.481 e. The normalized spacial score (nSPS) is 24.9. The van der Waals surface area contributed by atoms with Gasteiger partial charge < -0.3 is 9.84 Å². The van der Waals surface area contributed by atoms with Gasteiger partial charge in [0.2, 0.25) is 0 Å². The summed E-state index contributed by atoms with van der Waals surface area (Å²) in [5, 5.41) is 17.7. The second kappa shape index (κ2) is 6.00. The lowest BCUT2D eigenvalue weighted by atomic mass is 9.89. The molecule has 1 aliphatic carbocycles. The highest BCUT2D eigenvalue weighted by molar-refractivity contribution is 6.03. The summed E-state index contributed by atoms with van der Waals surface area (Å²) >= 11 is 0. The van der Waals surface area contributed by atoms with Gasteiger partial charge in [-0.3, -0.25) is 9.69 Å². The van der Waals surface area contributed by atoms with Gasteiger partial charge in [-0.2, -0.15) is 0 Å². The molecule has 0 aromatic heterocycles. The van der Waals surface area contributed by atoms with E-state index < -0.39 is 0 Å². The molecule has 0 spiro atoms. The second-order valence-corrected chi connectivity index (χ2v) is 7.11. The predicted octanol–water partition coefficient (Wildman–Crippen LogP) is 2.72. The third kappa shape index (κ3) is 2.53. The van der Waals surface area contributed by atoms with Gasteiger partial charge in [0.15, 0.2) is 0 Å². The van der Waals surface area contributed by atoms with Crippen molar-refractivity contribution in [2.45, 2.75) is 25.0 Å². The Morgan fingerprint density at radius 3 is 2.92 bits per heavy atom. The van der Waals surface area contributed by atoms with Crippen molar-refractivity contribution in [2.24, 2.45) is 10.2 Å². The average Bonchev–Trinajstić information content (AvgIpc) is 2.66. The molecular formula is C20H19N3O3. The number of piperidine rings is 1. The molecule has 1 fully saturated rings. The number of likely N-dealkylation sites (tertiary alicyclic amines) is 1. The van der Waals surface area contributed by atoms with E-state index in [9.17, 15) is 9.90 Å². The second-order valence-electron chi connectivity index (χ2n) is 7.11. The van der Waals surface area contributed by atoms with Crippen molar-refractivity contribution in [3.63, 3.8) is 0 Å². The van der Waals surface area contributed by atoms with Crippen LogP contribution in [0.5, 0.6) is 5.75 Å². The fourth-order valence-corrected chi connectivity index (χ4v) is 3.97. The number of hydrogen-bond acceptors (Lipinski definition) is 5. The Labute approximate surface area is 151 Å². The highest BCUT2D eigenvalue weighted by Crippen LogP contribution is 2.43. The van der Waals surface area contributed by atoms with E-state index >= 15 is 0 Å². The van der Waals surface area contributed by atoms with Crippen LogP contribution in [0.1, 0.15) is 28.8 Å². The van der Waals surface area contributed by atoms with E-state index in [1.54, 1.807) is 6.07 Å². The minimum absolute atomic E-state index is 0.168. The predicted molar refractivity (Wildman–Crippen MR) is 95.9 cm³/mol. The van der Waals surface area contributed by atoms with E-state index in [1.807, 2.05) is 18.2 Å². The van der Waals surface area contributed by atoms with Crippen LogP contribution in [-0.4, -0.2) is 47.8 Å². The molecule has 1 atom stereocenters. The van der Waals surface area contributed by atoms with Crippen molar-refractivity contribution in [2.75, 3.05) is 19.6 Å². The van der Waals surface area contributed by atoms with Crippen LogP contribution in [0.3, 0.4) is 0 Å². The van der Waals surface area contributed by atoms with Crippen LogP contribution in [0, 0.1) is 0 Å². The molecule has 0 bridgehead atoms. The topological polar surface area (TPSA) is 74.5 Å². The number of carbonyl (C=O) groups excluding carboxylic acids is 1. The maximum atomic E-state index is 12.0. The minimum atomic E-state index is -0.323. The number of amides is 1. The Balaban J connectivity index is 1.51. The lowest BCUT2D eigenvalue weighted by molar-refractivity contribution is 0.0871. The molecule has 0 saturated carbocycles. The van der Waals surface area contributed by atoms with Gasteiger partial charge in [-0.1, -0.05) is 12.1 Å². The van der Waals surface area contributed by atoms with Crippen molar-refractivity contribution in [1.29, 1.82) is 0 Å². The zero-order valence-corrected chi connectivity index (χ0v) is 14.3. The Morgan fingerprint density at radius 1 is 1.23 bits per heavy atom. The first-order valence-corrected chi connectivity index (χ1v) is 8.98. The molecule has 26 heavy (non-hydrogen) atoms. The number of rotatable bonds is 2. The average molecular weight is 349 g/mol. The first-order valence-electron chi connectivity index (χ1n) is 8.98. The Bertz CT molecular complexity index is 905. The van der Waals surface area contributed by atoms with Crippen LogP contribution in [0.15, 0.2) is 57.8 Å². The molecule has 1 aromatic carbocycles. The van der Waals surface area contributed by atoms with Crippen LogP contribution in [0.2, 0.25) is 0 Å². The Morgan fingerprint density at radius 2 is 2.08 bits per heavy atom. The van der Waals surface area contributed by atoms with Gasteiger partial charge in [-0.25, -0.2) is 0 Å². The van der Waals surface area contributed by atoms with Gasteiger partial charge in [0, 0.05) is 25.2 Å². The summed E-state index contributed by atoms with van der Waals surface area (Å²) in [6.45, 7) is 2.63. The first kappa shape index (κ1) is 15.7. The molecule has 1 N–H and O–H groups in total. The zero-order chi connectivity index (χ0) is 17.7. The number of ether oxygens (including phenoxy) is 1. The van der Waals surface area contributed by atoms with Gasteiger partial charge >= 0.3 is 0 Å². The summed E-state index contributed by atoms with van der Waals surface area (Å²) in [6, 6.07) is 5.45. The van der Waals surface area contributed by atoms with Crippen molar-refractivity contribution in [1.82, 2.24) is 4.90 Å². The van der Waals surface area contributed by atoms with Gasteiger partial charge in [0.25, 0.3) is 5.91 Å². The first-order chi connectivity index (χ1) is 12.7. The molecule has 6 heteroatoms. The van der Waals surface area contributed by atoms with Crippen LogP contribution >= 0.6 is 0 Å². The van der Waals surface area contributed by atoms with Crippen LogP contribution in [0.25, 0.3) is 5.70 Å². The van der Waals surface area contributed by atoms with Crippen molar-refractivity contribution in [3.8, 4) is 5.75 Å². The van der Waals surface area contributed by atoms with E-state index in [1.165, 1.54) is 5.57 Å². The fraction of sp³-hybridized carbons (Fsp3) is 0.350. The number of benzene rings is 1. The molecule has 1 unspecified atom stereocenters. The molecule has 5 rings (SSSR count). The van der Waals surface area contributed by atoms with Gasteiger partial charge in [-0.05, 0) is 42.7 Å². The lowest BCUT2D eigenvalue weighted by Gasteiger charge is -2.33. The molecule has 0 radical (unpaired) electrons. The highest BCUT2D eigenvalue weighted by Gasteiger charge is 2.34. The molecule has 1 saturated heterocycles. The molecule has 3 heterocycles. The van der Waals surface area contributed by atoms with Gasteiger partial charge in [0.1, 0.15) is 17.6 Å². The minimum Gasteiger partial charge on any atom is -0.481 e. The molecule has 3 aliphatic heterocycles. The SMILES string of the molecule is O=C1N=NC2=C3C=C(CN4CCC(O)CC4)C=CC3Oc3cccc1c32. The number of aliphatic hydroxyl groups excluding tert-OH is 1. The summed E-state index contributed by atoms with van der Waals surface area (Å²) in [5.41, 5.74) is 4.17. The monoisotopic (exact) mass is 349 g/mol.